The van der Waals surface area contributed by atoms with Gasteiger partial charge in [0.05, 0.1) is 23.7 Å². The number of carbonyl (C=O) groups is 1. The minimum absolute atomic E-state index is 0.113. The van der Waals surface area contributed by atoms with Crippen LogP contribution in [0.4, 0.5) is 0 Å². The second kappa shape index (κ2) is 11.3. The molecule has 9 heteroatoms. The number of hydrogen-bond acceptors (Lipinski definition) is 6. The summed E-state index contributed by atoms with van der Waals surface area (Å²) in [5.41, 5.74) is 5.98. The Bertz CT molecular complexity index is 1710. The predicted octanol–water partition coefficient (Wildman–Crippen LogP) is 5.50. The van der Waals surface area contributed by atoms with Gasteiger partial charge in [0, 0.05) is 13.0 Å². The van der Waals surface area contributed by atoms with Gasteiger partial charge in [-0.25, -0.2) is 13.1 Å². The first-order valence-electron chi connectivity index (χ1n) is 14.0. The normalized spacial score (nSPS) is 19.7. The molecule has 4 unspecified atom stereocenters. The number of fused-ring (bicyclic) bond motifs is 2. The van der Waals surface area contributed by atoms with Crippen molar-refractivity contribution in [3.8, 4) is 5.75 Å². The summed E-state index contributed by atoms with van der Waals surface area (Å²) < 4.78 is 34.9. The molecule has 4 aromatic rings. The fourth-order valence-corrected chi connectivity index (χ4v) is 8.78. The predicted molar refractivity (Wildman–Crippen MR) is 158 cm³/mol. The van der Waals surface area contributed by atoms with Crippen LogP contribution in [0.25, 0.3) is 11.0 Å². The Labute approximate surface area is 241 Å². The van der Waals surface area contributed by atoms with Crippen molar-refractivity contribution in [3.63, 3.8) is 0 Å². The molecule has 1 aromatic heterocycles. The zero-order valence-corrected chi connectivity index (χ0v) is 25.0. The first-order chi connectivity index (χ1) is 19.5. The second-order valence-corrected chi connectivity index (χ2v) is 13.7. The van der Waals surface area contributed by atoms with Crippen molar-refractivity contribution < 1.29 is 23.1 Å². The molecule has 0 spiro atoms. The van der Waals surface area contributed by atoms with Crippen LogP contribution < -0.4 is 4.74 Å². The highest BCUT2D eigenvalue weighted by atomic mass is 32.2. The van der Waals surface area contributed by atoms with E-state index in [1.54, 1.807) is 31.0 Å². The zero-order chi connectivity index (χ0) is 29.5. The summed E-state index contributed by atoms with van der Waals surface area (Å²) >= 11 is 0. The van der Waals surface area contributed by atoms with E-state index in [4.69, 9.17) is 4.74 Å². The van der Waals surface area contributed by atoms with Crippen LogP contribution in [0.1, 0.15) is 60.4 Å². The van der Waals surface area contributed by atoms with E-state index in [0.29, 0.717) is 29.0 Å². The number of hydrogen-bond donors (Lipinski definition) is 1. The van der Waals surface area contributed by atoms with Crippen molar-refractivity contribution in [1.82, 2.24) is 15.0 Å². The summed E-state index contributed by atoms with van der Waals surface area (Å²) in [6.45, 7) is 6.17. The molecule has 0 aliphatic carbocycles. The van der Waals surface area contributed by atoms with Crippen molar-refractivity contribution in [1.29, 1.82) is 0 Å². The topological polar surface area (TPSA) is 111 Å². The minimum atomic E-state index is -3.50. The van der Waals surface area contributed by atoms with Gasteiger partial charge in [0.15, 0.2) is 9.84 Å². The largest absolute Gasteiger partial charge is 0.494 e. The maximum atomic E-state index is 13.8. The third-order valence-corrected chi connectivity index (χ3v) is 11.0. The van der Waals surface area contributed by atoms with Gasteiger partial charge in [0.1, 0.15) is 16.8 Å². The monoisotopic (exact) mass is 575 g/mol. The highest BCUT2D eigenvalue weighted by Gasteiger charge is 2.37. The number of carboxylic acid groups (broad SMARTS) is 1. The molecule has 216 valence electrons. The number of aryl methyl sites for hydroxylation is 2. The van der Waals surface area contributed by atoms with E-state index in [1.165, 1.54) is 0 Å². The van der Waals surface area contributed by atoms with Crippen LogP contribution in [-0.2, 0) is 34.5 Å². The maximum absolute atomic E-state index is 13.8. The van der Waals surface area contributed by atoms with Crippen LogP contribution in [0.3, 0.4) is 0 Å². The number of aromatic nitrogens is 3. The molecule has 0 radical (unpaired) electrons. The standard InChI is InChI=1S/C32H37N3O5S/c1-19-12-23-8-6-7-9-29(23)41(38,39)30(13-19)21(3)14-24-15-22(11-10-20(24)2)26(18-31(36)37)25-16-27-32(28(17-25)40-5)35(4)34-33-27/h6-11,15-17,19,21,26,30H,12-14,18H2,1-5H3,(H,36,37). The highest BCUT2D eigenvalue weighted by Crippen LogP contribution is 2.38. The Balaban J connectivity index is 1.51. The number of methoxy groups -OCH3 is 1. The Morgan fingerprint density at radius 1 is 1.15 bits per heavy atom. The number of ether oxygens (including phenoxy) is 1. The van der Waals surface area contributed by atoms with Gasteiger partial charge in [-0.05, 0) is 84.0 Å². The minimum Gasteiger partial charge on any atom is -0.494 e. The van der Waals surface area contributed by atoms with Gasteiger partial charge in [-0.2, -0.15) is 0 Å². The first-order valence-corrected chi connectivity index (χ1v) is 15.5. The van der Waals surface area contributed by atoms with Gasteiger partial charge < -0.3 is 9.84 Å². The van der Waals surface area contributed by atoms with Crippen LogP contribution in [-0.4, -0.2) is 46.8 Å². The molecule has 41 heavy (non-hydrogen) atoms. The van der Waals surface area contributed by atoms with E-state index in [0.717, 1.165) is 39.8 Å². The number of aliphatic carboxylic acids is 1. The fourth-order valence-electron chi connectivity index (χ4n) is 6.37. The fraction of sp³-hybridized carbons (Fsp3) is 0.406. The summed E-state index contributed by atoms with van der Waals surface area (Å²) in [5, 5.41) is 17.7. The average molecular weight is 576 g/mol. The summed E-state index contributed by atoms with van der Waals surface area (Å²) in [6, 6.07) is 17.1. The Morgan fingerprint density at radius 2 is 1.90 bits per heavy atom. The smallest absolute Gasteiger partial charge is 0.304 e. The molecule has 2 heterocycles. The van der Waals surface area contributed by atoms with E-state index in [1.807, 2.05) is 56.3 Å². The molecule has 0 saturated heterocycles. The van der Waals surface area contributed by atoms with Crippen LogP contribution >= 0.6 is 0 Å². The number of rotatable bonds is 8. The molecule has 1 N–H and O–H groups in total. The molecule has 0 bridgehead atoms. The van der Waals surface area contributed by atoms with Crippen molar-refractivity contribution in [2.24, 2.45) is 18.9 Å². The maximum Gasteiger partial charge on any atom is 0.304 e. The summed E-state index contributed by atoms with van der Waals surface area (Å²) in [7, 11) is -0.144. The Hall–Kier alpha value is -3.72. The van der Waals surface area contributed by atoms with Crippen LogP contribution in [0, 0.1) is 18.8 Å². The summed E-state index contributed by atoms with van der Waals surface area (Å²) in [4.78, 5) is 12.5. The van der Waals surface area contributed by atoms with Crippen molar-refractivity contribution in [3.05, 3.63) is 82.4 Å². The molecule has 5 rings (SSSR count). The van der Waals surface area contributed by atoms with Gasteiger partial charge >= 0.3 is 5.97 Å². The van der Waals surface area contributed by atoms with Gasteiger partial charge in [-0.15, -0.1) is 5.10 Å². The summed E-state index contributed by atoms with van der Waals surface area (Å²) in [6.07, 6.45) is 1.82. The van der Waals surface area contributed by atoms with Crippen LogP contribution in [0.15, 0.2) is 59.5 Å². The molecule has 0 saturated carbocycles. The van der Waals surface area contributed by atoms with Crippen molar-refractivity contribution in [2.45, 2.75) is 62.5 Å². The third-order valence-electron chi connectivity index (χ3n) is 8.52. The number of benzene rings is 3. The van der Waals surface area contributed by atoms with Gasteiger partial charge in [-0.1, -0.05) is 55.5 Å². The second-order valence-electron chi connectivity index (χ2n) is 11.6. The lowest BCUT2D eigenvalue weighted by Gasteiger charge is -2.26. The van der Waals surface area contributed by atoms with E-state index in [9.17, 15) is 18.3 Å². The number of carboxylic acids is 1. The zero-order valence-electron chi connectivity index (χ0n) is 24.2. The van der Waals surface area contributed by atoms with E-state index in [2.05, 4.69) is 17.2 Å². The summed E-state index contributed by atoms with van der Waals surface area (Å²) in [5.74, 6) is -0.665. The first kappa shape index (κ1) is 28.8. The molecular weight excluding hydrogens is 538 g/mol. The molecule has 3 aromatic carbocycles. The lowest BCUT2D eigenvalue weighted by atomic mass is 9.84. The highest BCUT2D eigenvalue weighted by molar-refractivity contribution is 7.92. The Kier molecular flexibility index (Phi) is 7.92. The molecule has 0 amide bonds. The number of sulfone groups is 1. The van der Waals surface area contributed by atoms with E-state index in [-0.39, 0.29) is 18.3 Å². The number of nitrogens with zero attached hydrogens (tertiary/aromatic N) is 3. The molecule has 1 aliphatic heterocycles. The van der Waals surface area contributed by atoms with Crippen molar-refractivity contribution >= 4 is 26.8 Å². The third kappa shape index (κ3) is 5.60. The average Bonchev–Trinajstić information content (AvgIpc) is 3.27. The van der Waals surface area contributed by atoms with Crippen LogP contribution in [0.5, 0.6) is 5.75 Å². The molecule has 0 fully saturated rings. The van der Waals surface area contributed by atoms with Crippen LogP contribution in [0.2, 0.25) is 0 Å². The lowest BCUT2D eigenvalue weighted by Crippen LogP contribution is -2.30. The van der Waals surface area contributed by atoms with Gasteiger partial charge in [0.25, 0.3) is 0 Å². The van der Waals surface area contributed by atoms with Crippen molar-refractivity contribution in [2.75, 3.05) is 7.11 Å². The SMILES string of the molecule is COc1cc(C(CC(=O)O)c2ccc(C)c(CC(C)C3CC(C)Cc4ccccc4S3(=O)=O)c2)cc2nnn(C)c12. The van der Waals surface area contributed by atoms with E-state index >= 15 is 0 Å². The molecular formula is C32H37N3O5S. The molecule has 4 atom stereocenters. The molecule has 1 aliphatic rings. The Morgan fingerprint density at radius 3 is 2.63 bits per heavy atom. The van der Waals surface area contributed by atoms with Gasteiger partial charge in [0.2, 0.25) is 0 Å². The lowest BCUT2D eigenvalue weighted by molar-refractivity contribution is -0.137. The molecule has 8 nitrogen and oxygen atoms in total. The quantitative estimate of drug-likeness (QED) is 0.295. The van der Waals surface area contributed by atoms with Gasteiger partial charge in [-0.3, -0.25) is 4.79 Å². The van der Waals surface area contributed by atoms with E-state index < -0.39 is 27.0 Å².